The fraction of sp³-hybridized carbons (Fsp3) is 0.929. The van der Waals surface area contributed by atoms with Crippen molar-refractivity contribution in [1.29, 1.82) is 0 Å². The third-order valence-corrected chi connectivity index (χ3v) is 13.3. The SMILES string of the molecule is S=C(SSCCCCCCCCCCCCCCCCCCSSC(=S)C1CNCCO1)C1CNCCO1. The highest BCUT2D eigenvalue weighted by Crippen LogP contribution is 2.28. The number of nitrogens with one attached hydrogen (secondary N) is 2. The number of hydrogen-bond donors (Lipinski definition) is 2. The largest absolute Gasteiger partial charge is 0.369 e. The molecule has 2 saturated heterocycles. The Kier molecular flexibility index (Phi) is 24.4. The fourth-order valence-electron chi connectivity index (χ4n) is 4.54. The van der Waals surface area contributed by atoms with Crippen LogP contribution in [0.25, 0.3) is 0 Å². The van der Waals surface area contributed by atoms with E-state index in [0.29, 0.717) is 0 Å². The Labute approximate surface area is 260 Å². The van der Waals surface area contributed by atoms with E-state index in [0.717, 1.165) is 47.8 Å². The van der Waals surface area contributed by atoms with Crippen LogP contribution in [0.2, 0.25) is 0 Å². The van der Waals surface area contributed by atoms with Gasteiger partial charge in [-0.25, -0.2) is 0 Å². The maximum absolute atomic E-state index is 5.71. The Morgan fingerprint density at radius 1 is 0.526 bits per heavy atom. The summed E-state index contributed by atoms with van der Waals surface area (Å²) in [6.45, 7) is 5.20. The van der Waals surface area contributed by atoms with Crippen molar-refractivity contribution in [2.75, 3.05) is 50.9 Å². The highest BCUT2D eigenvalue weighted by atomic mass is 33.1. The van der Waals surface area contributed by atoms with E-state index in [-0.39, 0.29) is 12.2 Å². The molecule has 2 heterocycles. The van der Waals surface area contributed by atoms with E-state index in [1.165, 1.54) is 114 Å². The third kappa shape index (κ3) is 19.5. The Balaban J connectivity index is 1.19. The molecular weight excluding hydrogens is 589 g/mol. The van der Waals surface area contributed by atoms with Crippen molar-refractivity contribution in [3.05, 3.63) is 0 Å². The van der Waals surface area contributed by atoms with Crippen LogP contribution in [-0.2, 0) is 9.47 Å². The van der Waals surface area contributed by atoms with Crippen LogP contribution in [0.5, 0.6) is 0 Å². The van der Waals surface area contributed by atoms with E-state index >= 15 is 0 Å². The summed E-state index contributed by atoms with van der Waals surface area (Å²) in [5, 5.41) is 6.69. The number of unbranched alkanes of at least 4 members (excludes halogenated alkanes) is 15. The number of morpholine rings is 2. The van der Waals surface area contributed by atoms with Crippen LogP contribution in [0, 0.1) is 0 Å². The molecular formula is C28H52N2O2S6. The summed E-state index contributed by atoms with van der Waals surface area (Å²) in [4.78, 5) is 0. The molecule has 2 aliphatic heterocycles. The van der Waals surface area contributed by atoms with Crippen LogP contribution in [0.1, 0.15) is 103 Å². The second-order valence-corrected chi connectivity index (χ2v) is 16.5. The molecule has 0 aromatic rings. The van der Waals surface area contributed by atoms with Gasteiger partial charge >= 0.3 is 0 Å². The smallest absolute Gasteiger partial charge is 0.112 e. The lowest BCUT2D eigenvalue weighted by Crippen LogP contribution is -2.41. The highest BCUT2D eigenvalue weighted by molar-refractivity contribution is 8.84. The minimum Gasteiger partial charge on any atom is -0.369 e. The number of thiocarbonyl (C=S) groups is 2. The summed E-state index contributed by atoms with van der Waals surface area (Å²) in [5.41, 5.74) is 0. The Hall–Kier alpha value is 1.42. The van der Waals surface area contributed by atoms with Gasteiger partial charge in [0.1, 0.15) is 12.2 Å². The standard InChI is InChI=1S/C28H52N2O2S6/c33-27(25-23-29-17-19-31-25)37-35-21-15-13-11-9-7-5-3-1-2-4-6-8-10-12-14-16-22-36-38-28(34)26-24-30-18-20-32-26/h25-26,29-30H,1-24H2. The number of ether oxygens (including phenoxy) is 2. The average Bonchev–Trinajstić information content (AvgIpc) is 2.96. The second-order valence-electron chi connectivity index (χ2n) is 10.2. The van der Waals surface area contributed by atoms with E-state index in [9.17, 15) is 0 Å². The van der Waals surface area contributed by atoms with Gasteiger partial charge in [-0.1, -0.05) is 136 Å². The van der Waals surface area contributed by atoms with E-state index in [4.69, 9.17) is 33.9 Å². The molecule has 0 aliphatic carbocycles. The van der Waals surface area contributed by atoms with E-state index in [2.05, 4.69) is 10.6 Å². The van der Waals surface area contributed by atoms with Crippen LogP contribution in [0.4, 0.5) is 0 Å². The lowest BCUT2D eigenvalue weighted by Gasteiger charge is -2.23. The van der Waals surface area contributed by atoms with Crippen molar-refractivity contribution < 1.29 is 9.47 Å². The second kappa shape index (κ2) is 26.1. The van der Waals surface area contributed by atoms with Gasteiger partial charge in [-0.15, -0.1) is 0 Å². The predicted octanol–water partition coefficient (Wildman–Crippen LogP) is 8.62. The Bertz CT molecular complexity index is 540. The average molecular weight is 641 g/mol. The fourth-order valence-corrected chi connectivity index (χ4v) is 9.81. The molecule has 2 fully saturated rings. The van der Waals surface area contributed by atoms with Gasteiger partial charge in [0.15, 0.2) is 0 Å². The van der Waals surface area contributed by atoms with Gasteiger partial charge < -0.3 is 20.1 Å². The maximum atomic E-state index is 5.71. The van der Waals surface area contributed by atoms with Gasteiger partial charge in [-0.05, 0) is 34.4 Å². The summed E-state index contributed by atoms with van der Waals surface area (Å²) in [5.74, 6) is 2.40. The van der Waals surface area contributed by atoms with Gasteiger partial charge in [0, 0.05) is 37.7 Å². The molecule has 2 atom stereocenters. The minimum atomic E-state index is 0.122. The molecule has 0 aromatic carbocycles. The topological polar surface area (TPSA) is 42.5 Å². The molecule has 0 aromatic heterocycles. The van der Waals surface area contributed by atoms with Gasteiger partial charge in [0.25, 0.3) is 0 Å². The zero-order valence-electron chi connectivity index (χ0n) is 23.4. The molecule has 222 valence electrons. The van der Waals surface area contributed by atoms with Crippen LogP contribution in [0.15, 0.2) is 0 Å². The predicted molar refractivity (Wildman–Crippen MR) is 184 cm³/mol. The monoisotopic (exact) mass is 640 g/mol. The summed E-state index contributed by atoms with van der Waals surface area (Å²) < 4.78 is 13.4. The molecule has 2 rings (SSSR count). The quantitative estimate of drug-likeness (QED) is 0.0645. The number of hydrogen-bond acceptors (Lipinski definition) is 10. The first-order valence-corrected chi connectivity index (χ1v) is 20.5. The van der Waals surface area contributed by atoms with Gasteiger partial charge in [-0.2, -0.15) is 0 Å². The summed E-state index contributed by atoms with van der Waals surface area (Å²) in [6, 6.07) is 0. The lowest BCUT2D eigenvalue weighted by atomic mass is 10.0. The molecule has 0 saturated carbocycles. The Morgan fingerprint density at radius 3 is 1.13 bits per heavy atom. The minimum absolute atomic E-state index is 0.122. The van der Waals surface area contributed by atoms with Crippen molar-refractivity contribution in [1.82, 2.24) is 10.6 Å². The molecule has 0 radical (unpaired) electrons. The summed E-state index contributed by atoms with van der Waals surface area (Å²) >= 11 is 11.0. The lowest BCUT2D eigenvalue weighted by molar-refractivity contribution is 0.0743. The normalized spacial score (nSPS) is 20.0. The van der Waals surface area contributed by atoms with E-state index in [1.54, 1.807) is 21.6 Å². The number of rotatable bonds is 23. The van der Waals surface area contributed by atoms with Gasteiger partial charge in [0.2, 0.25) is 0 Å². The van der Waals surface area contributed by atoms with Crippen molar-refractivity contribution in [2.45, 2.75) is 115 Å². The highest BCUT2D eigenvalue weighted by Gasteiger charge is 2.19. The van der Waals surface area contributed by atoms with Gasteiger partial charge in [-0.3, -0.25) is 0 Å². The van der Waals surface area contributed by atoms with Crippen molar-refractivity contribution in [3.8, 4) is 0 Å². The molecule has 38 heavy (non-hydrogen) atoms. The molecule has 2 N–H and O–H groups in total. The first kappa shape index (κ1) is 35.6. The van der Waals surface area contributed by atoms with Crippen LogP contribution in [0.3, 0.4) is 0 Å². The zero-order chi connectivity index (χ0) is 26.9. The molecule has 4 nitrogen and oxygen atoms in total. The van der Waals surface area contributed by atoms with Crippen LogP contribution < -0.4 is 10.6 Å². The molecule has 0 bridgehead atoms. The van der Waals surface area contributed by atoms with E-state index < -0.39 is 0 Å². The molecule has 2 unspecified atom stereocenters. The third-order valence-electron chi connectivity index (χ3n) is 6.87. The maximum Gasteiger partial charge on any atom is 0.112 e. The first-order chi connectivity index (χ1) is 18.8. The van der Waals surface area contributed by atoms with Crippen LogP contribution >= 0.6 is 67.6 Å². The van der Waals surface area contributed by atoms with Crippen molar-refractivity contribution >= 4 is 76.0 Å². The van der Waals surface area contributed by atoms with Crippen molar-refractivity contribution in [2.24, 2.45) is 0 Å². The van der Waals surface area contributed by atoms with Crippen LogP contribution in [-0.4, -0.2) is 71.5 Å². The molecule has 0 spiro atoms. The van der Waals surface area contributed by atoms with Gasteiger partial charge in [0.05, 0.1) is 21.6 Å². The first-order valence-electron chi connectivity index (χ1n) is 15.1. The zero-order valence-corrected chi connectivity index (χ0v) is 28.3. The Morgan fingerprint density at radius 2 is 0.842 bits per heavy atom. The molecule has 10 heteroatoms. The summed E-state index contributed by atoms with van der Waals surface area (Å²) in [6.07, 6.45) is 22.6. The molecule has 2 aliphatic rings. The van der Waals surface area contributed by atoms with Crippen molar-refractivity contribution in [3.63, 3.8) is 0 Å². The molecule has 0 amide bonds. The summed E-state index contributed by atoms with van der Waals surface area (Å²) in [7, 11) is 7.31. The van der Waals surface area contributed by atoms with E-state index in [1.807, 2.05) is 21.6 Å².